The molecule has 2 amide bonds. The average Bonchev–Trinajstić information content (AvgIpc) is 2.78. The molecule has 0 aromatic heterocycles. The Kier molecular flexibility index (Phi) is 8.41. The monoisotopic (exact) mass is 520 g/mol. The summed E-state index contributed by atoms with van der Waals surface area (Å²) in [4.78, 5) is 27.0. The number of anilines is 2. The predicted octanol–water partition coefficient (Wildman–Crippen LogP) is 5.97. The van der Waals surface area contributed by atoms with E-state index in [2.05, 4.69) is 16.0 Å². The number of hydrogen-bond donors (Lipinski definition) is 3. The quantitative estimate of drug-likeness (QED) is 0.321. The van der Waals surface area contributed by atoms with Crippen molar-refractivity contribution in [3.05, 3.63) is 69.3 Å². The van der Waals surface area contributed by atoms with Gasteiger partial charge in [0.2, 0.25) is 0 Å². The van der Waals surface area contributed by atoms with Crippen molar-refractivity contribution in [2.75, 3.05) is 24.3 Å². The van der Waals surface area contributed by atoms with Gasteiger partial charge in [-0.3, -0.25) is 0 Å². The molecule has 0 saturated carbocycles. The first-order valence-corrected chi connectivity index (χ1v) is 11.8. The third-order valence-corrected chi connectivity index (χ3v) is 6.14. The second-order valence-electron chi connectivity index (χ2n) is 8.26. The van der Waals surface area contributed by atoms with Crippen LogP contribution in [0.3, 0.4) is 0 Å². The first-order chi connectivity index (χ1) is 16.1. The molecule has 0 spiro atoms. The number of nitrogens with zero attached hydrogens (tertiary/aromatic N) is 1. The van der Waals surface area contributed by atoms with Gasteiger partial charge in [-0.15, -0.1) is 0 Å². The molecule has 0 bridgehead atoms. The molecule has 0 saturated heterocycles. The molecule has 180 valence electrons. The normalized spacial score (nSPS) is 15.8. The summed E-state index contributed by atoms with van der Waals surface area (Å²) in [7, 11) is 1.80. The third-order valence-electron chi connectivity index (χ3n) is 5.20. The number of ether oxygens (including phenoxy) is 1. The summed E-state index contributed by atoms with van der Waals surface area (Å²) in [6.45, 7) is 6.13. The van der Waals surface area contributed by atoms with Gasteiger partial charge in [-0.2, -0.15) is 0 Å². The number of hydrogen-bond acceptors (Lipinski definition) is 4. The molecule has 3 N–H and O–H groups in total. The smallest absolute Gasteiger partial charge is 0.338 e. The number of allylic oxidation sites excluding steroid dienone is 1. The molecular weight excluding hydrogens is 495 g/mol. The zero-order chi connectivity index (χ0) is 25.0. The summed E-state index contributed by atoms with van der Waals surface area (Å²) in [5.74, 6) is -0.169. The molecule has 1 unspecified atom stereocenters. The lowest BCUT2D eigenvalue weighted by Gasteiger charge is -2.35. The van der Waals surface area contributed by atoms with Gasteiger partial charge in [-0.05, 0) is 61.0 Å². The lowest BCUT2D eigenvalue weighted by Crippen LogP contribution is -2.46. The van der Waals surface area contributed by atoms with Crippen LogP contribution in [-0.4, -0.2) is 35.7 Å². The minimum absolute atomic E-state index is 0.220. The molecule has 1 heterocycles. The van der Waals surface area contributed by atoms with Crippen LogP contribution in [-0.2, 0) is 9.53 Å². The maximum Gasteiger partial charge on any atom is 0.338 e. The van der Waals surface area contributed by atoms with E-state index in [1.165, 1.54) is 0 Å². The van der Waals surface area contributed by atoms with Gasteiger partial charge in [0.15, 0.2) is 5.11 Å². The molecule has 0 radical (unpaired) electrons. The van der Waals surface area contributed by atoms with E-state index in [4.69, 9.17) is 40.2 Å². The number of thiocarbonyl (C=S) groups is 1. The number of urea groups is 1. The van der Waals surface area contributed by atoms with Crippen molar-refractivity contribution in [3.63, 3.8) is 0 Å². The van der Waals surface area contributed by atoms with Crippen LogP contribution in [0.2, 0.25) is 10.0 Å². The molecule has 34 heavy (non-hydrogen) atoms. The molecule has 10 heteroatoms. The maximum atomic E-state index is 12.9. The Hall–Kier alpha value is -2.81. The SMILES string of the molecule is CC1=C(C(=O)OCC(C)C)C(c2ccc(NC(=O)Nc3ccc(Cl)cc3Cl)cc2)NC(=S)N1C. The highest BCUT2D eigenvalue weighted by Crippen LogP contribution is 2.31. The van der Waals surface area contributed by atoms with Gasteiger partial charge in [0, 0.05) is 23.5 Å². The van der Waals surface area contributed by atoms with Crippen molar-refractivity contribution in [1.82, 2.24) is 10.2 Å². The summed E-state index contributed by atoms with van der Waals surface area (Å²) >= 11 is 17.4. The molecule has 1 aliphatic heterocycles. The van der Waals surface area contributed by atoms with E-state index in [1.807, 2.05) is 32.9 Å². The lowest BCUT2D eigenvalue weighted by atomic mass is 9.95. The number of rotatable bonds is 6. The number of amides is 2. The van der Waals surface area contributed by atoms with Crippen LogP contribution in [0, 0.1) is 5.92 Å². The summed E-state index contributed by atoms with van der Waals surface area (Å²) < 4.78 is 5.51. The van der Waals surface area contributed by atoms with Crippen molar-refractivity contribution in [1.29, 1.82) is 0 Å². The third kappa shape index (κ3) is 6.20. The molecular formula is C24H26Cl2N4O3S. The highest BCUT2D eigenvalue weighted by Gasteiger charge is 2.33. The Morgan fingerprint density at radius 2 is 1.82 bits per heavy atom. The molecule has 0 aliphatic carbocycles. The minimum atomic E-state index is -0.473. The Labute approximate surface area is 214 Å². The van der Waals surface area contributed by atoms with Crippen molar-refractivity contribution in [2.24, 2.45) is 5.92 Å². The van der Waals surface area contributed by atoms with E-state index in [9.17, 15) is 9.59 Å². The van der Waals surface area contributed by atoms with Gasteiger partial charge in [0.05, 0.1) is 28.9 Å². The van der Waals surface area contributed by atoms with E-state index >= 15 is 0 Å². The van der Waals surface area contributed by atoms with Gasteiger partial charge >= 0.3 is 12.0 Å². The van der Waals surface area contributed by atoms with Gasteiger partial charge in [0.25, 0.3) is 0 Å². The van der Waals surface area contributed by atoms with Crippen LogP contribution < -0.4 is 16.0 Å². The predicted molar refractivity (Wildman–Crippen MR) is 140 cm³/mol. The second-order valence-corrected chi connectivity index (χ2v) is 9.49. The van der Waals surface area contributed by atoms with Gasteiger partial charge in [-0.1, -0.05) is 49.2 Å². The highest BCUT2D eigenvalue weighted by molar-refractivity contribution is 7.80. The topological polar surface area (TPSA) is 82.7 Å². The van der Waals surface area contributed by atoms with Crippen LogP contribution in [0.25, 0.3) is 0 Å². The first kappa shape index (κ1) is 25.8. The number of halogens is 2. The molecule has 2 aromatic rings. The number of nitrogens with one attached hydrogen (secondary N) is 3. The van der Waals surface area contributed by atoms with E-state index in [1.54, 1.807) is 42.3 Å². The fraction of sp³-hybridized carbons (Fsp3) is 0.292. The van der Waals surface area contributed by atoms with Gasteiger partial charge in [0.1, 0.15) is 0 Å². The van der Waals surface area contributed by atoms with Crippen molar-refractivity contribution in [3.8, 4) is 0 Å². The largest absolute Gasteiger partial charge is 0.462 e. The zero-order valence-electron chi connectivity index (χ0n) is 19.2. The van der Waals surface area contributed by atoms with Gasteiger partial charge in [-0.25, -0.2) is 9.59 Å². The molecule has 7 nitrogen and oxygen atoms in total. The van der Waals surface area contributed by atoms with E-state index in [-0.39, 0.29) is 11.9 Å². The summed E-state index contributed by atoms with van der Waals surface area (Å²) in [6.07, 6.45) is 0. The van der Waals surface area contributed by atoms with Crippen molar-refractivity contribution < 1.29 is 14.3 Å². The number of esters is 1. The minimum Gasteiger partial charge on any atom is -0.462 e. The standard InChI is InChI=1S/C24H26Cl2N4O3S/c1-13(2)12-33-22(31)20-14(3)30(4)24(34)29-21(20)15-5-8-17(9-6-15)27-23(32)28-19-10-7-16(25)11-18(19)26/h5-11,13,21H,12H2,1-4H3,(H,29,34)(H2,27,28,32). The maximum absolute atomic E-state index is 12.9. The van der Waals surface area contributed by atoms with Gasteiger partial charge < -0.3 is 25.6 Å². The molecule has 3 rings (SSSR count). The summed E-state index contributed by atoms with van der Waals surface area (Å²) in [5.41, 5.74) is 3.02. The van der Waals surface area contributed by atoms with E-state index in [0.29, 0.717) is 38.7 Å². The summed E-state index contributed by atoms with van der Waals surface area (Å²) in [6, 6.07) is 11.0. The highest BCUT2D eigenvalue weighted by atomic mass is 35.5. The van der Waals surface area contributed by atoms with E-state index < -0.39 is 12.1 Å². The number of carbonyl (C=O) groups excluding carboxylic acids is 2. The second kappa shape index (κ2) is 11.1. The first-order valence-electron chi connectivity index (χ1n) is 10.6. The number of carbonyl (C=O) groups is 2. The number of benzene rings is 2. The molecule has 1 aliphatic rings. The molecule has 0 fully saturated rings. The van der Waals surface area contributed by atoms with Crippen molar-refractivity contribution >= 4 is 63.9 Å². The fourth-order valence-corrected chi connectivity index (χ4v) is 4.01. The Bertz CT molecular complexity index is 1140. The zero-order valence-corrected chi connectivity index (χ0v) is 21.6. The molecule has 2 aromatic carbocycles. The average molecular weight is 521 g/mol. The lowest BCUT2D eigenvalue weighted by molar-refractivity contribution is -0.140. The van der Waals surface area contributed by atoms with Crippen LogP contribution >= 0.6 is 35.4 Å². The summed E-state index contributed by atoms with van der Waals surface area (Å²) in [5, 5.41) is 9.96. The Balaban J connectivity index is 1.76. The Morgan fingerprint density at radius 1 is 1.15 bits per heavy atom. The van der Waals surface area contributed by atoms with Crippen LogP contribution in [0.15, 0.2) is 53.7 Å². The Morgan fingerprint density at radius 3 is 2.44 bits per heavy atom. The van der Waals surface area contributed by atoms with Crippen LogP contribution in [0.5, 0.6) is 0 Å². The van der Waals surface area contributed by atoms with Crippen LogP contribution in [0.1, 0.15) is 32.4 Å². The van der Waals surface area contributed by atoms with Crippen LogP contribution in [0.4, 0.5) is 16.2 Å². The van der Waals surface area contributed by atoms with E-state index in [0.717, 1.165) is 11.3 Å². The fourth-order valence-electron chi connectivity index (χ4n) is 3.30. The molecule has 1 atom stereocenters. The van der Waals surface area contributed by atoms with Crippen molar-refractivity contribution in [2.45, 2.75) is 26.8 Å².